The molecule has 2 saturated carbocycles. The molecule has 0 aromatic carbocycles. The van der Waals surface area contributed by atoms with E-state index in [-0.39, 0.29) is 11.5 Å². The topological polar surface area (TPSA) is 79.8 Å². The highest BCUT2D eigenvalue weighted by atomic mass is 16.2. The van der Waals surface area contributed by atoms with Crippen molar-refractivity contribution in [2.45, 2.75) is 32.1 Å². The highest BCUT2D eigenvalue weighted by molar-refractivity contribution is 6.05. The number of aryl methyl sites for hydroxylation is 1. The number of amides is 1. The van der Waals surface area contributed by atoms with E-state index in [2.05, 4.69) is 22.3 Å². The Kier molecular flexibility index (Phi) is 2.89. The fourth-order valence-electron chi connectivity index (χ4n) is 3.05. The molecule has 6 nitrogen and oxygen atoms in total. The summed E-state index contributed by atoms with van der Waals surface area (Å²) >= 11 is 0. The third-order valence-electron chi connectivity index (χ3n) is 4.88. The van der Waals surface area contributed by atoms with E-state index < -0.39 is 0 Å². The quantitative estimate of drug-likeness (QED) is 0.898. The Hall–Kier alpha value is -2.11. The molecule has 2 fully saturated rings. The Morgan fingerprint density at radius 3 is 2.86 bits per heavy atom. The molecule has 0 spiro atoms. The molecule has 2 aliphatic rings. The first-order chi connectivity index (χ1) is 10.5. The molecule has 2 aromatic rings. The van der Waals surface area contributed by atoms with Gasteiger partial charge in [0, 0.05) is 25.2 Å². The van der Waals surface area contributed by atoms with Crippen LogP contribution >= 0.6 is 0 Å². The molecule has 0 saturated heterocycles. The number of carbonyl (C=O) groups excluding carboxylic acids is 1. The second kappa shape index (κ2) is 4.69. The number of aromatic nitrogens is 3. The Balaban J connectivity index is 1.73. The lowest BCUT2D eigenvalue weighted by Gasteiger charge is -2.08. The molecule has 6 heteroatoms. The van der Waals surface area contributed by atoms with Crippen molar-refractivity contribution in [3.05, 3.63) is 27.7 Å². The van der Waals surface area contributed by atoms with E-state index in [1.165, 1.54) is 6.42 Å². The molecule has 2 aliphatic carbocycles. The van der Waals surface area contributed by atoms with Crippen LogP contribution in [0.5, 0.6) is 0 Å². The Labute approximate surface area is 127 Å². The van der Waals surface area contributed by atoms with E-state index in [9.17, 15) is 9.59 Å². The predicted octanol–water partition coefficient (Wildman–Crippen LogP) is 1.52. The van der Waals surface area contributed by atoms with Crippen LogP contribution in [0.25, 0.3) is 11.0 Å². The predicted molar refractivity (Wildman–Crippen MR) is 82.9 cm³/mol. The standard InChI is InChI=1S/C16H20N4O2/c1-8-5-10(8)7-17-15(21)11-6-12(9-3-4-9)18-14-13(11)16(22)19-20(14)2/h6,8-10H,3-5,7H2,1-2H3,(H,17,21)(H,19,22)/t8-,10-/m0/s1. The first-order valence-electron chi connectivity index (χ1n) is 7.92. The van der Waals surface area contributed by atoms with Crippen LogP contribution in [0.4, 0.5) is 0 Å². The second-order valence-corrected chi connectivity index (χ2v) is 6.75. The van der Waals surface area contributed by atoms with Crippen LogP contribution < -0.4 is 10.9 Å². The van der Waals surface area contributed by atoms with Gasteiger partial charge in [0.2, 0.25) is 0 Å². The van der Waals surface area contributed by atoms with Crippen molar-refractivity contribution >= 4 is 16.9 Å². The summed E-state index contributed by atoms with van der Waals surface area (Å²) in [4.78, 5) is 29.3. The summed E-state index contributed by atoms with van der Waals surface area (Å²) in [6.07, 6.45) is 3.39. The molecular formula is C16H20N4O2. The number of pyridine rings is 1. The van der Waals surface area contributed by atoms with Gasteiger partial charge in [0.05, 0.1) is 10.9 Å². The number of carbonyl (C=O) groups is 1. The molecule has 22 heavy (non-hydrogen) atoms. The summed E-state index contributed by atoms with van der Waals surface area (Å²) < 4.78 is 1.60. The van der Waals surface area contributed by atoms with Crippen LogP contribution in [-0.2, 0) is 7.05 Å². The Morgan fingerprint density at radius 1 is 1.50 bits per heavy atom. The van der Waals surface area contributed by atoms with Crippen molar-refractivity contribution in [3.63, 3.8) is 0 Å². The molecule has 0 aliphatic heterocycles. The molecule has 0 unspecified atom stereocenters. The average Bonchev–Trinajstić information content (AvgIpc) is 3.39. The van der Waals surface area contributed by atoms with Crippen LogP contribution in [-0.4, -0.2) is 27.2 Å². The Morgan fingerprint density at radius 2 is 2.23 bits per heavy atom. The molecule has 4 rings (SSSR count). The van der Waals surface area contributed by atoms with Crippen molar-refractivity contribution in [3.8, 4) is 0 Å². The first kappa shape index (κ1) is 13.5. The molecule has 2 aromatic heterocycles. The summed E-state index contributed by atoms with van der Waals surface area (Å²) in [7, 11) is 1.75. The van der Waals surface area contributed by atoms with E-state index in [0.29, 0.717) is 40.9 Å². The Bertz CT molecular complexity index is 815. The van der Waals surface area contributed by atoms with Gasteiger partial charge in [-0.3, -0.25) is 19.4 Å². The summed E-state index contributed by atoms with van der Waals surface area (Å²) in [5, 5.41) is 6.07. The van der Waals surface area contributed by atoms with E-state index >= 15 is 0 Å². The maximum Gasteiger partial charge on any atom is 0.274 e. The largest absolute Gasteiger partial charge is 0.352 e. The highest BCUT2D eigenvalue weighted by Crippen LogP contribution is 2.40. The molecule has 0 bridgehead atoms. The van der Waals surface area contributed by atoms with E-state index in [1.54, 1.807) is 17.8 Å². The molecule has 2 atom stereocenters. The number of nitrogens with zero attached hydrogens (tertiary/aromatic N) is 2. The molecular weight excluding hydrogens is 280 g/mol. The fraction of sp³-hybridized carbons (Fsp3) is 0.562. The lowest BCUT2D eigenvalue weighted by Crippen LogP contribution is -2.27. The summed E-state index contributed by atoms with van der Waals surface area (Å²) in [5.74, 6) is 1.55. The van der Waals surface area contributed by atoms with E-state index in [1.807, 2.05) is 0 Å². The zero-order valence-corrected chi connectivity index (χ0v) is 12.8. The van der Waals surface area contributed by atoms with Crippen molar-refractivity contribution < 1.29 is 4.79 Å². The van der Waals surface area contributed by atoms with Gasteiger partial charge in [0.25, 0.3) is 11.5 Å². The van der Waals surface area contributed by atoms with E-state index in [4.69, 9.17) is 0 Å². The van der Waals surface area contributed by atoms with Crippen LogP contribution in [0.1, 0.15) is 48.2 Å². The highest BCUT2D eigenvalue weighted by Gasteiger charge is 2.33. The molecule has 2 heterocycles. The van der Waals surface area contributed by atoms with Gasteiger partial charge in [-0.15, -0.1) is 0 Å². The van der Waals surface area contributed by atoms with Crippen molar-refractivity contribution in [1.82, 2.24) is 20.1 Å². The number of nitrogens with one attached hydrogen (secondary N) is 2. The minimum Gasteiger partial charge on any atom is -0.352 e. The van der Waals surface area contributed by atoms with Crippen molar-refractivity contribution in [2.75, 3.05) is 6.54 Å². The molecule has 116 valence electrons. The number of aromatic amines is 1. The zero-order valence-electron chi connectivity index (χ0n) is 12.8. The van der Waals surface area contributed by atoms with Gasteiger partial charge in [-0.05, 0) is 37.2 Å². The zero-order chi connectivity index (χ0) is 15.4. The number of rotatable bonds is 4. The van der Waals surface area contributed by atoms with Crippen LogP contribution in [0.15, 0.2) is 10.9 Å². The number of hydrogen-bond acceptors (Lipinski definition) is 3. The number of H-pyrrole nitrogens is 1. The lowest BCUT2D eigenvalue weighted by atomic mass is 10.1. The fourth-order valence-corrected chi connectivity index (χ4v) is 3.05. The maximum absolute atomic E-state index is 12.6. The molecule has 0 radical (unpaired) electrons. The minimum absolute atomic E-state index is 0.162. The van der Waals surface area contributed by atoms with Crippen molar-refractivity contribution in [1.29, 1.82) is 0 Å². The van der Waals surface area contributed by atoms with Crippen LogP contribution in [0.3, 0.4) is 0 Å². The minimum atomic E-state index is -0.253. The molecule has 2 N–H and O–H groups in total. The maximum atomic E-state index is 12.6. The van der Waals surface area contributed by atoms with E-state index in [0.717, 1.165) is 18.5 Å². The smallest absolute Gasteiger partial charge is 0.274 e. The van der Waals surface area contributed by atoms with Gasteiger partial charge in [-0.2, -0.15) is 0 Å². The SMILES string of the molecule is C[C@H]1C[C@H]1CNC(=O)c1cc(C2CC2)nc2c1c(=O)[nH]n2C. The van der Waals surface area contributed by atoms with Crippen molar-refractivity contribution in [2.24, 2.45) is 18.9 Å². The number of hydrogen-bond donors (Lipinski definition) is 2. The summed E-state index contributed by atoms with van der Waals surface area (Å²) in [6, 6.07) is 1.81. The normalized spacial score (nSPS) is 23.7. The second-order valence-electron chi connectivity index (χ2n) is 6.75. The van der Waals surface area contributed by atoms with Gasteiger partial charge in [0.1, 0.15) is 0 Å². The average molecular weight is 300 g/mol. The lowest BCUT2D eigenvalue weighted by molar-refractivity contribution is 0.0953. The van der Waals surface area contributed by atoms with Crippen LogP contribution in [0.2, 0.25) is 0 Å². The third-order valence-corrected chi connectivity index (χ3v) is 4.88. The summed E-state index contributed by atoms with van der Waals surface area (Å²) in [5.41, 5.74) is 1.70. The first-order valence-corrected chi connectivity index (χ1v) is 7.92. The number of fused-ring (bicyclic) bond motifs is 1. The van der Waals surface area contributed by atoms with Gasteiger partial charge < -0.3 is 5.32 Å². The van der Waals surface area contributed by atoms with Crippen LogP contribution in [0, 0.1) is 11.8 Å². The third kappa shape index (κ3) is 2.23. The van der Waals surface area contributed by atoms with Gasteiger partial charge in [-0.1, -0.05) is 6.92 Å². The van der Waals surface area contributed by atoms with Gasteiger partial charge in [-0.25, -0.2) is 4.98 Å². The monoisotopic (exact) mass is 300 g/mol. The molecule has 1 amide bonds. The van der Waals surface area contributed by atoms with Gasteiger partial charge >= 0.3 is 0 Å². The van der Waals surface area contributed by atoms with Gasteiger partial charge in [0.15, 0.2) is 5.65 Å². The summed E-state index contributed by atoms with van der Waals surface area (Å²) in [6.45, 7) is 2.88.